The van der Waals surface area contributed by atoms with E-state index < -0.39 is 0 Å². The van der Waals surface area contributed by atoms with Crippen LogP contribution in [0.25, 0.3) is 0 Å². The van der Waals surface area contributed by atoms with Crippen molar-refractivity contribution in [2.45, 2.75) is 57.1 Å². The quantitative estimate of drug-likeness (QED) is 0.879. The van der Waals surface area contributed by atoms with Gasteiger partial charge in [-0.15, -0.1) is 0 Å². The van der Waals surface area contributed by atoms with Gasteiger partial charge in [0.25, 0.3) is 0 Å². The van der Waals surface area contributed by atoms with E-state index in [-0.39, 0.29) is 6.10 Å². The second kappa shape index (κ2) is 4.58. The lowest BCUT2D eigenvalue weighted by Crippen LogP contribution is -2.28. The first kappa shape index (κ1) is 11.5. The number of aromatic nitrogens is 1. The fraction of sp³-hybridized carbons (Fsp3) is 0.769. The molecule has 0 saturated heterocycles. The Morgan fingerprint density at radius 1 is 1.24 bits per heavy atom. The van der Waals surface area contributed by atoms with Crippen molar-refractivity contribution in [1.82, 2.24) is 4.98 Å². The third-order valence-electron chi connectivity index (χ3n) is 4.08. The number of rotatable bonds is 2. The van der Waals surface area contributed by atoms with E-state index in [4.69, 9.17) is 4.98 Å². The van der Waals surface area contributed by atoms with Crippen LogP contribution in [0.4, 0.5) is 5.13 Å². The van der Waals surface area contributed by atoms with Crippen LogP contribution >= 0.6 is 11.3 Å². The van der Waals surface area contributed by atoms with Crippen LogP contribution in [0.5, 0.6) is 0 Å². The van der Waals surface area contributed by atoms with Gasteiger partial charge in [-0.25, -0.2) is 4.98 Å². The van der Waals surface area contributed by atoms with Crippen molar-refractivity contribution in [3.63, 3.8) is 0 Å². The van der Waals surface area contributed by atoms with Gasteiger partial charge in [0.2, 0.25) is 0 Å². The molecule has 1 aromatic heterocycles. The molecule has 2 aliphatic rings. The van der Waals surface area contributed by atoms with Crippen LogP contribution < -0.4 is 4.90 Å². The van der Waals surface area contributed by atoms with Crippen LogP contribution in [0.3, 0.4) is 0 Å². The average Bonchev–Trinajstić information content (AvgIpc) is 2.98. The largest absolute Gasteiger partial charge is 0.388 e. The Kier molecular flexibility index (Phi) is 3.09. The summed E-state index contributed by atoms with van der Waals surface area (Å²) in [5, 5.41) is 11.1. The number of aliphatic hydroxyl groups excluding tert-OH is 1. The van der Waals surface area contributed by atoms with E-state index >= 15 is 0 Å². The van der Waals surface area contributed by atoms with E-state index in [9.17, 15) is 5.11 Å². The maximum atomic E-state index is 9.97. The molecule has 1 atom stereocenters. The number of aliphatic hydroxyl groups is 1. The van der Waals surface area contributed by atoms with Crippen LogP contribution in [-0.2, 0) is 6.42 Å². The maximum Gasteiger partial charge on any atom is 0.185 e. The first-order valence-electron chi connectivity index (χ1n) is 6.66. The summed E-state index contributed by atoms with van der Waals surface area (Å²) in [4.78, 5) is 8.19. The Labute approximate surface area is 106 Å². The summed E-state index contributed by atoms with van der Waals surface area (Å²) in [6.45, 7) is 0. The predicted octanol–water partition coefficient (Wildman–Crippen LogP) is 2.89. The number of nitrogens with zero attached hydrogens (tertiary/aromatic N) is 2. The highest BCUT2D eigenvalue weighted by atomic mass is 32.1. The molecule has 1 fully saturated rings. The lowest BCUT2D eigenvalue weighted by molar-refractivity contribution is 0.160. The third-order valence-corrected chi connectivity index (χ3v) is 5.37. The monoisotopic (exact) mass is 252 g/mol. The highest BCUT2D eigenvalue weighted by Crippen LogP contribution is 2.38. The number of aryl methyl sites for hydroxylation is 1. The molecule has 1 heterocycles. The topological polar surface area (TPSA) is 36.4 Å². The van der Waals surface area contributed by atoms with Crippen LogP contribution in [-0.4, -0.2) is 23.2 Å². The summed E-state index contributed by atoms with van der Waals surface area (Å²) < 4.78 is 0. The zero-order valence-corrected chi connectivity index (χ0v) is 11.2. The molecule has 0 radical (unpaired) electrons. The smallest absolute Gasteiger partial charge is 0.185 e. The predicted molar refractivity (Wildman–Crippen MR) is 70.7 cm³/mol. The van der Waals surface area contributed by atoms with Crippen LogP contribution in [0, 0.1) is 0 Å². The van der Waals surface area contributed by atoms with Gasteiger partial charge >= 0.3 is 0 Å². The molecule has 0 amide bonds. The fourth-order valence-electron chi connectivity index (χ4n) is 2.98. The van der Waals surface area contributed by atoms with Gasteiger partial charge in [-0.3, -0.25) is 0 Å². The molecule has 2 aliphatic carbocycles. The lowest BCUT2D eigenvalue weighted by atomic mass is 10.0. The average molecular weight is 252 g/mol. The number of fused-ring (bicyclic) bond motifs is 1. The van der Waals surface area contributed by atoms with Crippen LogP contribution in [0.2, 0.25) is 0 Å². The summed E-state index contributed by atoms with van der Waals surface area (Å²) in [5.74, 6) is 0. The number of anilines is 1. The molecule has 3 nitrogen and oxygen atoms in total. The minimum atomic E-state index is -0.262. The van der Waals surface area contributed by atoms with Crippen molar-refractivity contribution in [1.29, 1.82) is 0 Å². The molecule has 1 unspecified atom stereocenters. The minimum absolute atomic E-state index is 0.262. The van der Waals surface area contributed by atoms with E-state index in [1.54, 1.807) is 11.3 Å². The van der Waals surface area contributed by atoms with Crippen LogP contribution in [0.15, 0.2) is 0 Å². The van der Waals surface area contributed by atoms with Gasteiger partial charge < -0.3 is 10.0 Å². The van der Waals surface area contributed by atoms with Crippen molar-refractivity contribution in [2.24, 2.45) is 0 Å². The molecule has 17 heavy (non-hydrogen) atoms. The molecule has 3 rings (SSSR count). The fourth-order valence-corrected chi connectivity index (χ4v) is 4.15. The van der Waals surface area contributed by atoms with E-state index in [2.05, 4.69) is 11.9 Å². The van der Waals surface area contributed by atoms with Crippen molar-refractivity contribution >= 4 is 16.5 Å². The SMILES string of the molecule is CN(c1nc2c(s1)C(O)CCC2)C1CCCC1. The van der Waals surface area contributed by atoms with Gasteiger partial charge in [0.05, 0.1) is 16.7 Å². The van der Waals surface area contributed by atoms with Gasteiger partial charge in [-0.1, -0.05) is 24.2 Å². The number of thiazole rings is 1. The molecule has 0 spiro atoms. The second-order valence-electron chi connectivity index (χ2n) is 5.26. The molecular weight excluding hydrogens is 232 g/mol. The Morgan fingerprint density at radius 3 is 2.71 bits per heavy atom. The van der Waals surface area contributed by atoms with Crippen molar-refractivity contribution < 1.29 is 5.11 Å². The molecule has 0 aliphatic heterocycles. The number of hydrogen-bond acceptors (Lipinski definition) is 4. The normalized spacial score (nSPS) is 24.9. The Bertz CT molecular complexity index is 398. The summed E-state index contributed by atoms with van der Waals surface area (Å²) >= 11 is 1.70. The molecule has 0 aromatic carbocycles. The highest BCUT2D eigenvalue weighted by molar-refractivity contribution is 7.15. The molecule has 94 valence electrons. The van der Waals surface area contributed by atoms with Gasteiger partial charge in [0, 0.05) is 13.1 Å². The van der Waals surface area contributed by atoms with E-state index in [1.807, 2.05) is 0 Å². The molecule has 1 aromatic rings. The summed E-state index contributed by atoms with van der Waals surface area (Å²) in [5.41, 5.74) is 1.15. The summed E-state index contributed by atoms with van der Waals surface area (Å²) in [6, 6.07) is 0.666. The second-order valence-corrected chi connectivity index (χ2v) is 6.27. The van der Waals surface area contributed by atoms with Crippen molar-refractivity contribution in [3.05, 3.63) is 10.6 Å². The van der Waals surface area contributed by atoms with Crippen molar-refractivity contribution in [2.75, 3.05) is 11.9 Å². The van der Waals surface area contributed by atoms with Gasteiger partial charge in [-0.05, 0) is 32.1 Å². The zero-order valence-electron chi connectivity index (χ0n) is 10.4. The number of hydrogen-bond donors (Lipinski definition) is 1. The lowest BCUT2D eigenvalue weighted by Gasteiger charge is -2.23. The third kappa shape index (κ3) is 2.08. The first-order chi connectivity index (χ1) is 8.25. The maximum absolute atomic E-state index is 9.97. The Morgan fingerprint density at radius 2 is 2.00 bits per heavy atom. The molecule has 4 heteroatoms. The Hall–Kier alpha value is -0.610. The van der Waals surface area contributed by atoms with Crippen molar-refractivity contribution in [3.8, 4) is 0 Å². The van der Waals surface area contributed by atoms with Crippen LogP contribution in [0.1, 0.15) is 55.2 Å². The van der Waals surface area contributed by atoms with E-state index in [0.717, 1.165) is 35.0 Å². The standard InChI is InChI=1S/C13H20N2OS/c1-15(9-5-2-3-6-9)13-14-10-7-4-8-11(16)12(10)17-13/h9,11,16H,2-8H2,1H3. The van der Waals surface area contributed by atoms with Gasteiger partial charge in [0.15, 0.2) is 5.13 Å². The molecule has 1 saturated carbocycles. The molecule has 0 bridgehead atoms. The van der Waals surface area contributed by atoms with E-state index in [1.165, 1.54) is 25.7 Å². The molecular formula is C13H20N2OS. The zero-order chi connectivity index (χ0) is 11.8. The van der Waals surface area contributed by atoms with Gasteiger partial charge in [-0.2, -0.15) is 0 Å². The van der Waals surface area contributed by atoms with E-state index in [0.29, 0.717) is 6.04 Å². The first-order valence-corrected chi connectivity index (χ1v) is 7.48. The summed E-state index contributed by atoms with van der Waals surface area (Å²) in [7, 11) is 2.16. The molecule has 1 N–H and O–H groups in total. The Balaban J connectivity index is 1.83. The summed E-state index contributed by atoms with van der Waals surface area (Å²) in [6.07, 6.45) is 8.05. The minimum Gasteiger partial charge on any atom is -0.388 e. The highest BCUT2D eigenvalue weighted by Gasteiger charge is 2.27. The van der Waals surface area contributed by atoms with Gasteiger partial charge in [0.1, 0.15) is 0 Å².